The van der Waals surface area contributed by atoms with Crippen LogP contribution in [-0.2, 0) is 6.54 Å². The maximum absolute atomic E-state index is 11.4. The first kappa shape index (κ1) is 18.1. The summed E-state index contributed by atoms with van der Waals surface area (Å²) < 4.78 is 0. The number of nitrogens with one attached hydrogen (secondary N) is 1. The number of benzene rings is 1. The number of carbonyl (C=O) groups excluding carboxylic acids is 1. The highest BCUT2D eigenvalue weighted by Gasteiger charge is 2.11. The van der Waals surface area contributed by atoms with Crippen LogP contribution in [0, 0.1) is 0 Å². The van der Waals surface area contributed by atoms with Crippen molar-refractivity contribution in [1.29, 1.82) is 0 Å². The van der Waals surface area contributed by atoms with E-state index >= 15 is 0 Å². The Morgan fingerprint density at radius 2 is 1.95 bits per heavy atom. The fourth-order valence-corrected chi connectivity index (χ4v) is 2.87. The maximum Gasteiger partial charge on any atom is 0.251 e. The SMILES string of the molecule is CNC(=O)c1ccc(CN=C(N)N2CCSCC2)cc1.I. The van der Waals surface area contributed by atoms with Gasteiger partial charge in [-0.1, -0.05) is 12.1 Å². The van der Waals surface area contributed by atoms with E-state index in [4.69, 9.17) is 5.73 Å². The van der Waals surface area contributed by atoms with Crippen LogP contribution in [0.3, 0.4) is 0 Å². The number of thioether (sulfide) groups is 1. The third-order valence-corrected chi connectivity index (χ3v) is 4.14. The normalized spacial score (nSPS) is 15.3. The Balaban J connectivity index is 0.00000220. The first-order chi connectivity index (χ1) is 9.70. The van der Waals surface area contributed by atoms with Gasteiger partial charge < -0.3 is 16.0 Å². The second kappa shape index (κ2) is 9.14. The summed E-state index contributed by atoms with van der Waals surface area (Å²) in [5, 5.41) is 2.60. The van der Waals surface area contributed by atoms with Crippen molar-refractivity contribution in [3.63, 3.8) is 0 Å². The number of hydrogen-bond donors (Lipinski definition) is 2. The molecule has 2 rings (SSSR count). The molecule has 0 aromatic heterocycles. The lowest BCUT2D eigenvalue weighted by Gasteiger charge is -2.27. The van der Waals surface area contributed by atoms with Gasteiger partial charge in [-0.2, -0.15) is 11.8 Å². The first-order valence-electron chi connectivity index (χ1n) is 6.64. The Kier molecular flexibility index (Phi) is 7.87. The smallest absolute Gasteiger partial charge is 0.251 e. The number of rotatable bonds is 3. The zero-order chi connectivity index (χ0) is 14.4. The van der Waals surface area contributed by atoms with Crippen LogP contribution in [0.2, 0.25) is 0 Å². The van der Waals surface area contributed by atoms with E-state index in [0.717, 1.165) is 30.2 Å². The number of guanidine groups is 1. The molecular formula is C14H21IN4OS. The van der Waals surface area contributed by atoms with Gasteiger partial charge in [-0.25, -0.2) is 4.99 Å². The van der Waals surface area contributed by atoms with Crippen molar-refractivity contribution >= 4 is 47.6 Å². The molecule has 1 aromatic rings. The average Bonchev–Trinajstić information content (AvgIpc) is 2.53. The number of hydrogen-bond acceptors (Lipinski definition) is 3. The monoisotopic (exact) mass is 420 g/mol. The molecule has 116 valence electrons. The van der Waals surface area contributed by atoms with Gasteiger partial charge in [-0.15, -0.1) is 24.0 Å². The van der Waals surface area contributed by atoms with Gasteiger partial charge in [0, 0.05) is 37.2 Å². The highest BCUT2D eigenvalue weighted by molar-refractivity contribution is 14.0. The Morgan fingerprint density at radius 1 is 1.33 bits per heavy atom. The lowest BCUT2D eigenvalue weighted by atomic mass is 10.1. The Labute approximate surface area is 146 Å². The molecule has 0 saturated carbocycles. The van der Waals surface area contributed by atoms with E-state index in [1.807, 2.05) is 23.9 Å². The van der Waals surface area contributed by atoms with Crippen LogP contribution >= 0.6 is 35.7 Å². The second-order valence-electron chi connectivity index (χ2n) is 4.55. The zero-order valence-electron chi connectivity index (χ0n) is 12.0. The molecule has 0 aliphatic carbocycles. The largest absolute Gasteiger partial charge is 0.370 e. The van der Waals surface area contributed by atoms with Crippen molar-refractivity contribution < 1.29 is 4.79 Å². The van der Waals surface area contributed by atoms with E-state index in [1.54, 1.807) is 19.2 Å². The van der Waals surface area contributed by atoms with Crippen LogP contribution in [0.15, 0.2) is 29.3 Å². The number of carbonyl (C=O) groups is 1. The van der Waals surface area contributed by atoms with Crippen molar-refractivity contribution in [2.24, 2.45) is 10.7 Å². The molecule has 1 aliphatic rings. The minimum atomic E-state index is -0.0784. The van der Waals surface area contributed by atoms with Gasteiger partial charge in [0.15, 0.2) is 5.96 Å². The van der Waals surface area contributed by atoms with Crippen LogP contribution in [-0.4, -0.2) is 48.4 Å². The number of nitrogens with zero attached hydrogens (tertiary/aromatic N) is 2. The highest BCUT2D eigenvalue weighted by Crippen LogP contribution is 2.10. The second-order valence-corrected chi connectivity index (χ2v) is 5.77. The van der Waals surface area contributed by atoms with Gasteiger partial charge in [0.1, 0.15) is 0 Å². The third-order valence-electron chi connectivity index (χ3n) is 3.20. The Bertz CT molecular complexity index is 486. The van der Waals surface area contributed by atoms with E-state index in [1.165, 1.54) is 0 Å². The molecule has 3 N–H and O–H groups in total. The maximum atomic E-state index is 11.4. The summed E-state index contributed by atoms with van der Waals surface area (Å²) in [5.41, 5.74) is 7.70. The van der Waals surface area contributed by atoms with Gasteiger partial charge >= 0.3 is 0 Å². The van der Waals surface area contributed by atoms with E-state index < -0.39 is 0 Å². The third kappa shape index (κ3) is 5.39. The van der Waals surface area contributed by atoms with Crippen molar-refractivity contribution in [1.82, 2.24) is 10.2 Å². The Morgan fingerprint density at radius 3 is 2.52 bits per heavy atom. The van der Waals surface area contributed by atoms with Gasteiger partial charge in [0.2, 0.25) is 0 Å². The average molecular weight is 420 g/mol. The van der Waals surface area contributed by atoms with Gasteiger partial charge in [0.25, 0.3) is 5.91 Å². The molecule has 0 atom stereocenters. The lowest BCUT2D eigenvalue weighted by Crippen LogP contribution is -2.42. The minimum absolute atomic E-state index is 0. The summed E-state index contributed by atoms with van der Waals surface area (Å²) in [6, 6.07) is 7.43. The zero-order valence-corrected chi connectivity index (χ0v) is 15.2. The summed E-state index contributed by atoms with van der Waals surface area (Å²) in [6.07, 6.45) is 0. The minimum Gasteiger partial charge on any atom is -0.370 e. The summed E-state index contributed by atoms with van der Waals surface area (Å²) >= 11 is 1.95. The molecule has 1 saturated heterocycles. The number of amides is 1. The predicted molar refractivity (Wildman–Crippen MR) is 99.5 cm³/mol. The van der Waals surface area contributed by atoms with Crippen molar-refractivity contribution in [2.75, 3.05) is 31.6 Å². The van der Waals surface area contributed by atoms with Crippen LogP contribution < -0.4 is 11.1 Å². The number of nitrogens with two attached hydrogens (primary N) is 1. The summed E-state index contributed by atoms with van der Waals surface area (Å²) in [4.78, 5) is 18.0. The number of halogens is 1. The summed E-state index contributed by atoms with van der Waals surface area (Å²) in [7, 11) is 1.62. The molecule has 1 aliphatic heterocycles. The molecular weight excluding hydrogens is 399 g/mol. The van der Waals surface area contributed by atoms with Gasteiger partial charge in [-0.3, -0.25) is 4.79 Å². The highest BCUT2D eigenvalue weighted by atomic mass is 127. The summed E-state index contributed by atoms with van der Waals surface area (Å²) in [6.45, 7) is 2.48. The van der Waals surface area contributed by atoms with Gasteiger partial charge in [0.05, 0.1) is 6.54 Å². The molecule has 5 nitrogen and oxygen atoms in total. The van der Waals surface area contributed by atoms with E-state index in [-0.39, 0.29) is 29.9 Å². The molecule has 21 heavy (non-hydrogen) atoms. The lowest BCUT2D eigenvalue weighted by molar-refractivity contribution is 0.0963. The van der Waals surface area contributed by atoms with E-state index in [0.29, 0.717) is 18.1 Å². The molecule has 0 spiro atoms. The molecule has 7 heteroatoms. The molecule has 0 bridgehead atoms. The fourth-order valence-electron chi connectivity index (χ4n) is 1.97. The van der Waals surface area contributed by atoms with Crippen LogP contribution in [0.5, 0.6) is 0 Å². The van der Waals surface area contributed by atoms with E-state index in [2.05, 4.69) is 15.2 Å². The van der Waals surface area contributed by atoms with Crippen LogP contribution in [0.25, 0.3) is 0 Å². The van der Waals surface area contributed by atoms with Crippen LogP contribution in [0.1, 0.15) is 15.9 Å². The topological polar surface area (TPSA) is 70.7 Å². The number of aliphatic imine (C=N–C) groups is 1. The van der Waals surface area contributed by atoms with E-state index in [9.17, 15) is 4.79 Å². The van der Waals surface area contributed by atoms with Crippen molar-refractivity contribution in [2.45, 2.75) is 6.54 Å². The molecule has 1 amide bonds. The van der Waals surface area contributed by atoms with Crippen LogP contribution in [0.4, 0.5) is 0 Å². The van der Waals surface area contributed by atoms with Gasteiger partial charge in [-0.05, 0) is 17.7 Å². The molecule has 1 aromatic carbocycles. The van der Waals surface area contributed by atoms with Crippen molar-refractivity contribution in [3.05, 3.63) is 35.4 Å². The predicted octanol–water partition coefficient (Wildman–Crippen LogP) is 1.53. The summed E-state index contributed by atoms with van der Waals surface area (Å²) in [5.74, 6) is 2.75. The molecule has 1 fully saturated rings. The Hall–Kier alpha value is -0.960. The molecule has 0 unspecified atom stereocenters. The molecule has 1 heterocycles. The van der Waals surface area contributed by atoms with Crippen molar-refractivity contribution in [3.8, 4) is 0 Å². The fraction of sp³-hybridized carbons (Fsp3) is 0.429. The molecule has 0 radical (unpaired) electrons. The standard InChI is InChI=1S/C14H20N4OS.HI/c1-16-13(19)12-4-2-11(3-5-12)10-17-14(15)18-6-8-20-9-7-18;/h2-5H,6-10H2,1H3,(H2,15,17)(H,16,19);1H. The quantitative estimate of drug-likeness (QED) is 0.442. The first-order valence-corrected chi connectivity index (χ1v) is 7.80.